The maximum atomic E-state index is 12.0. The minimum Gasteiger partial charge on any atom is -0.462 e. The maximum Gasteiger partial charge on any atom is 0.338 e. The summed E-state index contributed by atoms with van der Waals surface area (Å²) in [6, 6.07) is 12.7. The first-order chi connectivity index (χ1) is 16.3. The number of carbonyl (C=O) groups excluding carboxylic acids is 5. The average Bonchev–Trinajstić information content (AvgIpc) is 2.82. The molecule has 0 bridgehead atoms. The van der Waals surface area contributed by atoms with Gasteiger partial charge in [-0.25, -0.2) is 4.79 Å². The highest BCUT2D eigenvalue weighted by Gasteiger charge is 2.11. The molecule has 0 fully saturated rings. The van der Waals surface area contributed by atoms with E-state index in [-0.39, 0.29) is 31.0 Å². The summed E-state index contributed by atoms with van der Waals surface area (Å²) in [6.07, 6.45) is 1.07. The molecular formula is C25H28N2O7. The van der Waals surface area contributed by atoms with Crippen LogP contribution in [0, 0.1) is 0 Å². The number of rotatable bonds is 12. The van der Waals surface area contributed by atoms with E-state index in [1.54, 1.807) is 36.4 Å². The van der Waals surface area contributed by atoms with Gasteiger partial charge in [0.1, 0.15) is 0 Å². The Labute approximate surface area is 197 Å². The highest BCUT2D eigenvalue weighted by atomic mass is 16.5. The van der Waals surface area contributed by atoms with E-state index >= 15 is 0 Å². The van der Waals surface area contributed by atoms with E-state index in [0.29, 0.717) is 29.1 Å². The molecule has 2 aromatic rings. The lowest BCUT2D eigenvalue weighted by Crippen LogP contribution is -2.21. The molecule has 0 aromatic heterocycles. The van der Waals surface area contributed by atoms with Crippen LogP contribution in [0.1, 0.15) is 60.2 Å². The van der Waals surface area contributed by atoms with Crippen LogP contribution >= 0.6 is 0 Å². The molecule has 0 aliphatic carbocycles. The molecule has 34 heavy (non-hydrogen) atoms. The molecular weight excluding hydrogens is 440 g/mol. The first-order valence-corrected chi connectivity index (χ1v) is 10.9. The Morgan fingerprint density at radius 3 is 1.85 bits per heavy atom. The molecule has 0 saturated carbocycles. The van der Waals surface area contributed by atoms with Crippen molar-refractivity contribution in [1.29, 1.82) is 0 Å². The molecule has 0 heterocycles. The topological polar surface area (TPSA) is 128 Å². The third-order valence-corrected chi connectivity index (χ3v) is 4.57. The summed E-state index contributed by atoms with van der Waals surface area (Å²) in [5.74, 6) is -1.90. The van der Waals surface area contributed by atoms with Gasteiger partial charge in [0, 0.05) is 29.8 Å². The Morgan fingerprint density at radius 2 is 1.29 bits per heavy atom. The van der Waals surface area contributed by atoms with Gasteiger partial charge >= 0.3 is 11.9 Å². The van der Waals surface area contributed by atoms with Gasteiger partial charge in [-0.15, -0.1) is 0 Å². The van der Waals surface area contributed by atoms with Gasteiger partial charge < -0.3 is 20.1 Å². The van der Waals surface area contributed by atoms with Crippen LogP contribution in [0.5, 0.6) is 0 Å². The molecule has 0 spiro atoms. The molecule has 0 atom stereocenters. The van der Waals surface area contributed by atoms with Crippen LogP contribution in [0.25, 0.3) is 0 Å². The summed E-state index contributed by atoms with van der Waals surface area (Å²) >= 11 is 0. The van der Waals surface area contributed by atoms with Gasteiger partial charge in [-0.05, 0) is 68.3 Å². The van der Waals surface area contributed by atoms with E-state index in [9.17, 15) is 24.0 Å². The van der Waals surface area contributed by atoms with Crippen LogP contribution in [0.3, 0.4) is 0 Å². The number of ketones is 1. The highest BCUT2D eigenvalue weighted by molar-refractivity contribution is 5.96. The Hall–Kier alpha value is -4.01. The zero-order valence-electron chi connectivity index (χ0n) is 19.2. The van der Waals surface area contributed by atoms with Crippen molar-refractivity contribution >= 4 is 40.9 Å². The summed E-state index contributed by atoms with van der Waals surface area (Å²) in [5, 5.41) is 5.25. The smallest absolute Gasteiger partial charge is 0.338 e. The van der Waals surface area contributed by atoms with Crippen LogP contribution in [0.15, 0.2) is 48.5 Å². The van der Waals surface area contributed by atoms with E-state index < -0.39 is 24.5 Å². The lowest BCUT2D eigenvalue weighted by molar-refractivity contribution is -0.147. The second kappa shape index (κ2) is 13.5. The number of hydrogen-bond donors (Lipinski definition) is 2. The number of nitrogens with one attached hydrogen (secondary N) is 2. The normalized spacial score (nSPS) is 10.2. The SMILES string of the molecule is CCCOC(=O)c1ccc(NC(=O)COC(=O)CCCC(=O)Nc2ccc(C(C)=O)cc2)cc1. The fourth-order valence-corrected chi connectivity index (χ4v) is 2.79. The lowest BCUT2D eigenvalue weighted by Gasteiger charge is -2.08. The summed E-state index contributed by atoms with van der Waals surface area (Å²) < 4.78 is 9.96. The maximum absolute atomic E-state index is 12.0. The van der Waals surface area contributed by atoms with Crippen LogP contribution in [-0.2, 0) is 23.9 Å². The van der Waals surface area contributed by atoms with Crippen molar-refractivity contribution in [3.05, 3.63) is 59.7 Å². The molecule has 9 heteroatoms. The summed E-state index contributed by atoms with van der Waals surface area (Å²) in [6.45, 7) is 3.23. The minimum atomic E-state index is -0.595. The average molecular weight is 469 g/mol. The number of amides is 2. The van der Waals surface area contributed by atoms with Crippen molar-refractivity contribution in [1.82, 2.24) is 0 Å². The number of Topliss-reactive ketones (excluding diaryl/α,β-unsaturated/α-hetero) is 1. The zero-order chi connectivity index (χ0) is 24.9. The van der Waals surface area contributed by atoms with Gasteiger partial charge in [-0.2, -0.15) is 0 Å². The van der Waals surface area contributed by atoms with Crippen LogP contribution in [0.2, 0.25) is 0 Å². The third-order valence-electron chi connectivity index (χ3n) is 4.57. The van der Waals surface area contributed by atoms with Crippen molar-refractivity contribution in [3.63, 3.8) is 0 Å². The molecule has 2 aromatic carbocycles. The van der Waals surface area contributed by atoms with Gasteiger partial charge in [-0.1, -0.05) is 6.92 Å². The molecule has 2 amide bonds. The Balaban J connectivity index is 1.64. The molecule has 0 radical (unpaired) electrons. The van der Waals surface area contributed by atoms with Crippen LogP contribution < -0.4 is 10.6 Å². The zero-order valence-corrected chi connectivity index (χ0v) is 19.2. The summed E-state index contributed by atoms with van der Waals surface area (Å²) in [4.78, 5) is 58.8. The predicted molar refractivity (Wildman–Crippen MR) is 126 cm³/mol. The molecule has 0 aliphatic heterocycles. The fourth-order valence-electron chi connectivity index (χ4n) is 2.79. The van der Waals surface area contributed by atoms with Gasteiger partial charge in [0.25, 0.3) is 5.91 Å². The molecule has 2 N–H and O–H groups in total. The molecule has 0 aliphatic rings. The number of esters is 2. The third kappa shape index (κ3) is 9.23. The fraction of sp³-hybridized carbons (Fsp3) is 0.320. The number of benzene rings is 2. The van der Waals surface area contributed by atoms with E-state index in [1.807, 2.05) is 6.92 Å². The predicted octanol–water partition coefficient (Wildman–Crippen LogP) is 3.75. The van der Waals surface area contributed by atoms with Crippen molar-refractivity contribution in [2.45, 2.75) is 39.5 Å². The number of anilines is 2. The Kier molecular flexibility index (Phi) is 10.4. The van der Waals surface area contributed by atoms with Gasteiger partial charge in [-0.3, -0.25) is 19.2 Å². The monoisotopic (exact) mass is 468 g/mol. The molecule has 2 rings (SSSR count). The number of hydrogen-bond acceptors (Lipinski definition) is 7. The van der Waals surface area contributed by atoms with E-state index in [1.165, 1.54) is 19.1 Å². The molecule has 0 saturated heterocycles. The van der Waals surface area contributed by atoms with E-state index in [2.05, 4.69) is 10.6 Å². The molecule has 180 valence electrons. The molecule has 9 nitrogen and oxygen atoms in total. The van der Waals surface area contributed by atoms with Gasteiger partial charge in [0.05, 0.1) is 12.2 Å². The van der Waals surface area contributed by atoms with E-state index in [0.717, 1.165) is 6.42 Å². The standard InChI is InChI=1S/C25H28N2O7/c1-3-15-33-25(32)19-9-13-21(14-10-19)27-23(30)16-34-24(31)6-4-5-22(29)26-20-11-7-18(8-12-20)17(2)28/h7-14H,3-6,15-16H2,1-2H3,(H,26,29)(H,27,30). The van der Waals surface area contributed by atoms with Crippen molar-refractivity contribution < 1.29 is 33.4 Å². The van der Waals surface area contributed by atoms with Crippen LogP contribution in [-0.4, -0.2) is 42.7 Å². The lowest BCUT2D eigenvalue weighted by atomic mass is 10.1. The summed E-state index contributed by atoms with van der Waals surface area (Å²) in [5.41, 5.74) is 1.92. The number of carbonyl (C=O) groups is 5. The minimum absolute atomic E-state index is 0.0153. The second-order valence-electron chi connectivity index (χ2n) is 7.46. The summed E-state index contributed by atoms with van der Waals surface area (Å²) in [7, 11) is 0. The van der Waals surface area contributed by atoms with Crippen molar-refractivity contribution in [2.24, 2.45) is 0 Å². The quantitative estimate of drug-likeness (QED) is 0.359. The van der Waals surface area contributed by atoms with Crippen molar-refractivity contribution in [3.8, 4) is 0 Å². The highest BCUT2D eigenvalue weighted by Crippen LogP contribution is 2.12. The first-order valence-electron chi connectivity index (χ1n) is 10.9. The second-order valence-corrected chi connectivity index (χ2v) is 7.46. The molecule has 0 unspecified atom stereocenters. The first kappa shape index (κ1) is 26.2. The van der Waals surface area contributed by atoms with Crippen LogP contribution in [0.4, 0.5) is 11.4 Å². The Morgan fingerprint density at radius 1 is 0.735 bits per heavy atom. The van der Waals surface area contributed by atoms with Crippen molar-refractivity contribution in [2.75, 3.05) is 23.8 Å². The van der Waals surface area contributed by atoms with Gasteiger partial charge in [0.2, 0.25) is 5.91 Å². The van der Waals surface area contributed by atoms with Gasteiger partial charge in [0.15, 0.2) is 12.4 Å². The van der Waals surface area contributed by atoms with E-state index in [4.69, 9.17) is 9.47 Å². The number of ether oxygens (including phenoxy) is 2. The Bertz CT molecular complexity index is 1010. The largest absolute Gasteiger partial charge is 0.462 e.